The maximum absolute atomic E-state index is 12.0. The smallest absolute Gasteiger partial charge is 0.258 e. The Morgan fingerprint density at radius 3 is 2.80 bits per heavy atom. The van der Waals surface area contributed by atoms with Gasteiger partial charge in [-0.1, -0.05) is 18.2 Å². The van der Waals surface area contributed by atoms with Crippen LogP contribution < -0.4 is 15.0 Å². The van der Waals surface area contributed by atoms with Crippen LogP contribution in [0.1, 0.15) is 30.5 Å². The molecule has 2 heterocycles. The van der Waals surface area contributed by atoms with E-state index in [4.69, 9.17) is 4.74 Å². The average molecular weight is 340 g/mol. The van der Waals surface area contributed by atoms with Gasteiger partial charge in [-0.05, 0) is 43.9 Å². The number of piperidine rings is 1. The SMILES string of the molecule is Cc1ccccc1OCC(=O)NCc1ccnc(N2CCCCC2)n1. The number of nitrogens with one attached hydrogen (secondary N) is 1. The fourth-order valence-electron chi connectivity index (χ4n) is 2.83. The number of hydrogen-bond acceptors (Lipinski definition) is 5. The fourth-order valence-corrected chi connectivity index (χ4v) is 2.83. The predicted octanol–water partition coefficient (Wildman–Crippen LogP) is 2.47. The van der Waals surface area contributed by atoms with Crippen molar-refractivity contribution < 1.29 is 9.53 Å². The highest BCUT2D eigenvalue weighted by Gasteiger charge is 2.14. The molecule has 132 valence electrons. The van der Waals surface area contributed by atoms with Crippen LogP contribution in [0.4, 0.5) is 5.95 Å². The summed E-state index contributed by atoms with van der Waals surface area (Å²) in [5.41, 5.74) is 1.82. The van der Waals surface area contributed by atoms with Crippen LogP contribution in [0.3, 0.4) is 0 Å². The number of carbonyl (C=O) groups is 1. The molecule has 1 amide bonds. The normalized spacial score (nSPS) is 14.2. The molecule has 0 spiro atoms. The van der Waals surface area contributed by atoms with Gasteiger partial charge in [0.15, 0.2) is 6.61 Å². The Labute approximate surface area is 148 Å². The molecule has 1 fully saturated rings. The Bertz CT molecular complexity index is 714. The molecule has 0 aliphatic carbocycles. The second-order valence-electron chi connectivity index (χ2n) is 6.23. The van der Waals surface area contributed by atoms with Crippen molar-refractivity contribution in [2.45, 2.75) is 32.7 Å². The zero-order chi connectivity index (χ0) is 17.5. The summed E-state index contributed by atoms with van der Waals surface area (Å²) in [6.45, 7) is 4.32. The van der Waals surface area contributed by atoms with E-state index in [1.54, 1.807) is 6.20 Å². The molecular formula is C19H24N4O2. The van der Waals surface area contributed by atoms with E-state index in [0.29, 0.717) is 6.54 Å². The summed E-state index contributed by atoms with van der Waals surface area (Å²) in [7, 11) is 0. The first kappa shape index (κ1) is 17.2. The van der Waals surface area contributed by atoms with Crippen molar-refractivity contribution in [1.29, 1.82) is 0 Å². The molecule has 1 N–H and O–H groups in total. The minimum atomic E-state index is -0.165. The minimum absolute atomic E-state index is 0.00504. The Morgan fingerprint density at radius 2 is 2.00 bits per heavy atom. The minimum Gasteiger partial charge on any atom is -0.484 e. The van der Waals surface area contributed by atoms with Gasteiger partial charge in [0.1, 0.15) is 5.75 Å². The van der Waals surface area contributed by atoms with Crippen molar-refractivity contribution in [2.75, 3.05) is 24.6 Å². The van der Waals surface area contributed by atoms with Gasteiger partial charge >= 0.3 is 0 Å². The fraction of sp³-hybridized carbons (Fsp3) is 0.421. The van der Waals surface area contributed by atoms with Crippen molar-refractivity contribution in [3.8, 4) is 5.75 Å². The Kier molecular flexibility index (Phi) is 5.82. The topological polar surface area (TPSA) is 67.3 Å². The van der Waals surface area contributed by atoms with Gasteiger partial charge in [0.2, 0.25) is 5.95 Å². The lowest BCUT2D eigenvalue weighted by atomic mass is 10.1. The molecule has 0 radical (unpaired) electrons. The zero-order valence-electron chi connectivity index (χ0n) is 14.6. The Morgan fingerprint density at radius 1 is 1.20 bits per heavy atom. The summed E-state index contributed by atoms with van der Waals surface area (Å²) in [5.74, 6) is 1.32. The lowest BCUT2D eigenvalue weighted by molar-refractivity contribution is -0.123. The molecule has 0 atom stereocenters. The van der Waals surface area contributed by atoms with E-state index in [2.05, 4.69) is 20.2 Å². The maximum Gasteiger partial charge on any atom is 0.258 e. The zero-order valence-corrected chi connectivity index (χ0v) is 14.6. The highest BCUT2D eigenvalue weighted by Crippen LogP contribution is 2.16. The van der Waals surface area contributed by atoms with Crippen LogP contribution in [0.2, 0.25) is 0 Å². The molecule has 25 heavy (non-hydrogen) atoms. The lowest BCUT2D eigenvalue weighted by Gasteiger charge is -2.26. The van der Waals surface area contributed by atoms with Crippen molar-refractivity contribution in [3.63, 3.8) is 0 Å². The van der Waals surface area contributed by atoms with Gasteiger partial charge in [-0.25, -0.2) is 9.97 Å². The summed E-state index contributed by atoms with van der Waals surface area (Å²) in [6, 6.07) is 9.48. The predicted molar refractivity (Wildman–Crippen MR) is 96.6 cm³/mol. The number of nitrogens with zero attached hydrogens (tertiary/aromatic N) is 3. The quantitative estimate of drug-likeness (QED) is 0.875. The molecule has 1 aromatic heterocycles. The number of amides is 1. The third kappa shape index (κ3) is 4.92. The molecule has 1 aliphatic rings. The third-order valence-electron chi connectivity index (χ3n) is 4.26. The van der Waals surface area contributed by atoms with Crippen molar-refractivity contribution in [2.24, 2.45) is 0 Å². The van der Waals surface area contributed by atoms with Gasteiger partial charge in [-0.3, -0.25) is 4.79 Å². The number of para-hydroxylation sites is 1. The Hall–Kier alpha value is -2.63. The van der Waals surface area contributed by atoms with Crippen LogP contribution >= 0.6 is 0 Å². The van der Waals surface area contributed by atoms with Gasteiger partial charge < -0.3 is 15.0 Å². The molecule has 1 aliphatic heterocycles. The Balaban J connectivity index is 1.49. The summed E-state index contributed by atoms with van der Waals surface area (Å²) in [6.07, 6.45) is 5.39. The highest BCUT2D eigenvalue weighted by atomic mass is 16.5. The number of aryl methyl sites for hydroxylation is 1. The van der Waals surface area contributed by atoms with Gasteiger partial charge in [0.05, 0.1) is 12.2 Å². The van der Waals surface area contributed by atoms with Crippen LogP contribution in [0, 0.1) is 6.92 Å². The monoisotopic (exact) mass is 340 g/mol. The maximum atomic E-state index is 12.0. The molecular weight excluding hydrogens is 316 g/mol. The number of benzene rings is 1. The van der Waals surface area contributed by atoms with Crippen LogP contribution in [0.25, 0.3) is 0 Å². The first-order valence-corrected chi connectivity index (χ1v) is 8.74. The number of aromatic nitrogens is 2. The van der Waals surface area contributed by atoms with Gasteiger partial charge in [-0.2, -0.15) is 0 Å². The molecule has 1 saturated heterocycles. The van der Waals surface area contributed by atoms with Crippen LogP contribution in [-0.4, -0.2) is 35.6 Å². The molecule has 0 bridgehead atoms. The van der Waals surface area contributed by atoms with Gasteiger partial charge in [0, 0.05) is 19.3 Å². The van der Waals surface area contributed by atoms with Crippen LogP contribution in [0.15, 0.2) is 36.5 Å². The van der Waals surface area contributed by atoms with Crippen LogP contribution in [-0.2, 0) is 11.3 Å². The number of anilines is 1. The van der Waals surface area contributed by atoms with E-state index in [1.165, 1.54) is 19.3 Å². The standard InChI is InChI=1S/C19H24N4O2/c1-15-7-3-4-8-17(15)25-14-18(24)21-13-16-9-10-20-19(22-16)23-11-5-2-6-12-23/h3-4,7-10H,2,5-6,11-14H2,1H3,(H,21,24). The molecule has 1 aromatic carbocycles. The summed E-state index contributed by atoms with van der Waals surface area (Å²) in [5, 5.41) is 2.85. The average Bonchev–Trinajstić information content (AvgIpc) is 2.67. The van der Waals surface area contributed by atoms with E-state index < -0.39 is 0 Å². The van der Waals surface area contributed by atoms with Crippen molar-refractivity contribution >= 4 is 11.9 Å². The molecule has 2 aromatic rings. The summed E-state index contributed by atoms with van der Waals surface area (Å²) in [4.78, 5) is 23.1. The van der Waals surface area contributed by atoms with Crippen LogP contribution in [0.5, 0.6) is 5.75 Å². The molecule has 6 heteroatoms. The molecule has 3 rings (SSSR count). The lowest BCUT2D eigenvalue weighted by Crippen LogP contribution is -2.32. The molecule has 0 saturated carbocycles. The summed E-state index contributed by atoms with van der Waals surface area (Å²) < 4.78 is 5.55. The number of rotatable bonds is 6. The second kappa shape index (κ2) is 8.46. The largest absolute Gasteiger partial charge is 0.484 e. The molecule has 0 unspecified atom stereocenters. The second-order valence-corrected chi connectivity index (χ2v) is 6.23. The van der Waals surface area contributed by atoms with Gasteiger partial charge in [-0.15, -0.1) is 0 Å². The first-order chi connectivity index (χ1) is 12.2. The van der Waals surface area contributed by atoms with Gasteiger partial charge in [0.25, 0.3) is 5.91 Å². The van der Waals surface area contributed by atoms with E-state index in [1.807, 2.05) is 37.3 Å². The number of hydrogen-bond donors (Lipinski definition) is 1. The van der Waals surface area contributed by atoms with E-state index in [0.717, 1.165) is 36.0 Å². The van der Waals surface area contributed by atoms with Crippen molar-refractivity contribution in [1.82, 2.24) is 15.3 Å². The summed E-state index contributed by atoms with van der Waals surface area (Å²) >= 11 is 0. The first-order valence-electron chi connectivity index (χ1n) is 8.74. The molecule has 6 nitrogen and oxygen atoms in total. The van der Waals surface area contributed by atoms with Crippen molar-refractivity contribution in [3.05, 3.63) is 47.8 Å². The number of carbonyl (C=O) groups excluding carboxylic acids is 1. The van der Waals surface area contributed by atoms with E-state index in [-0.39, 0.29) is 12.5 Å². The number of ether oxygens (including phenoxy) is 1. The highest BCUT2D eigenvalue weighted by molar-refractivity contribution is 5.77. The third-order valence-corrected chi connectivity index (χ3v) is 4.26. The van der Waals surface area contributed by atoms with E-state index >= 15 is 0 Å². The van der Waals surface area contributed by atoms with E-state index in [9.17, 15) is 4.79 Å².